The Bertz CT molecular complexity index is 641. The van der Waals surface area contributed by atoms with Crippen molar-refractivity contribution < 1.29 is 18.7 Å². The monoisotopic (exact) mass is 291 g/mol. The standard InChI is InChI=1S/C16H15F2NO2/c1-10(12-4-7-14(17)15(18)9-12)19-16(21)8-11-2-5-13(20)6-3-11/h2-7,9-10,20H,8H2,1H3,(H,19,21). The Labute approximate surface area is 121 Å². The van der Waals surface area contributed by atoms with Crippen molar-refractivity contribution in [3.05, 3.63) is 65.2 Å². The summed E-state index contributed by atoms with van der Waals surface area (Å²) in [5, 5.41) is 11.9. The molecule has 2 N–H and O–H groups in total. The van der Waals surface area contributed by atoms with E-state index in [4.69, 9.17) is 5.11 Å². The lowest BCUT2D eigenvalue weighted by molar-refractivity contribution is -0.121. The molecule has 2 aromatic rings. The van der Waals surface area contributed by atoms with Gasteiger partial charge in [0, 0.05) is 0 Å². The largest absolute Gasteiger partial charge is 0.508 e. The average molecular weight is 291 g/mol. The first-order chi connectivity index (χ1) is 9.95. The summed E-state index contributed by atoms with van der Waals surface area (Å²) in [4.78, 5) is 11.9. The zero-order chi connectivity index (χ0) is 15.4. The molecule has 0 heterocycles. The third-order valence-electron chi connectivity index (χ3n) is 3.12. The number of hydrogen-bond donors (Lipinski definition) is 2. The lowest BCUT2D eigenvalue weighted by Crippen LogP contribution is -2.28. The fourth-order valence-corrected chi connectivity index (χ4v) is 1.96. The number of phenolic OH excluding ortho intramolecular Hbond substituents is 1. The number of phenols is 1. The number of rotatable bonds is 4. The average Bonchev–Trinajstić information content (AvgIpc) is 2.44. The van der Waals surface area contributed by atoms with Crippen LogP contribution in [-0.2, 0) is 11.2 Å². The number of benzene rings is 2. The summed E-state index contributed by atoms with van der Waals surface area (Å²) in [6, 6.07) is 9.42. The topological polar surface area (TPSA) is 49.3 Å². The number of aromatic hydroxyl groups is 1. The number of carbonyl (C=O) groups is 1. The second kappa shape index (κ2) is 6.35. The summed E-state index contributed by atoms with van der Waals surface area (Å²) in [6.07, 6.45) is 0.147. The summed E-state index contributed by atoms with van der Waals surface area (Å²) in [5.74, 6) is -1.96. The van der Waals surface area contributed by atoms with Gasteiger partial charge in [-0.2, -0.15) is 0 Å². The van der Waals surface area contributed by atoms with Crippen LogP contribution in [0.3, 0.4) is 0 Å². The van der Waals surface area contributed by atoms with Crippen molar-refractivity contribution in [2.75, 3.05) is 0 Å². The van der Waals surface area contributed by atoms with Crippen LogP contribution in [0, 0.1) is 11.6 Å². The number of halogens is 2. The minimum Gasteiger partial charge on any atom is -0.508 e. The number of amides is 1. The molecule has 0 aliphatic heterocycles. The molecule has 0 aliphatic carbocycles. The molecule has 0 saturated carbocycles. The molecule has 0 saturated heterocycles. The van der Waals surface area contributed by atoms with E-state index >= 15 is 0 Å². The number of carbonyl (C=O) groups excluding carboxylic acids is 1. The van der Waals surface area contributed by atoms with Gasteiger partial charge >= 0.3 is 0 Å². The first-order valence-corrected chi connectivity index (χ1v) is 6.48. The molecule has 110 valence electrons. The van der Waals surface area contributed by atoms with Crippen LogP contribution in [0.4, 0.5) is 8.78 Å². The van der Waals surface area contributed by atoms with E-state index < -0.39 is 17.7 Å². The highest BCUT2D eigenvalue weighted by Gasteiger charge is 2.12. The van der Waals surface area contributed by atoms with Crippen molar-refractivity contribution in [3.63, 3.8) is 0 Å². The second-order valence-electron chi connectivity index (χ2n) is 4.81. The van der Waals surface area contributed by atoms with Gasteiger partial charge in [-0.05, 0) is 42.3 Å². The minimum absolute atomic E-state index is 0.134. The van der Waals surface area contributed by atoms with Crippen LogP contribution in [0.5, 0.6) is 5.75 Å². The van der Waals surface area contributed by atoms with E-state index in [9.17, 15) is 13.6 Å². The van der Waals surface area contributed by atoms with Gasteiger partial charge in [-0.15, -0.1) is 0 Å². The van der Waals surface area contributed by atoms with Crippen LogP contribution in [-0.4, -0.2) is 11.0 Å². The predicted molar refractivity (Wildman–Crippen MR) is 74.7 cm³/mol. The summed E-state index contributed by atoms with van der Waals surface area (Å²) >= 11 is 0. The smallest absolute Gasteiger partial charge is 0.224 e. The molecular weight excluding hydrogens is 276 g/mol. The summed E-state index contributed by atoms with van der Waals surface area (Å²) in [7, 11) is 0. The SMILES string of the molecule is CC(NC(=O)Cc1ccc(O)cc1)c1ccc(F)c(F)c1. The zero-order valence-electron chi connectivity index (χ0n) is 11.4. The Morgan fingerprint density at radius 2 is 1.81 bits per heavy atom. The van der Waals surface area contributed by atoms with E-state index in [1.165, 1.54) is 18.2 Å². The molecule has 1 amide bonds. The van der Waals surface area contributed by atoms with E-state index in [1.807, 2.05) is 0 Å². The maximum atomic E-state index is 13.2. The molecule has 0 radical (unpaired) electrons. The molecule has 0 spiro atoms. The van der Waals surface area contributed by atoms with Gasteiger partial charge in [0.15, 0.2) is 11.6 Å². The molecule has 0 aliphatic rings. The fraction of sp³-hybridized carbons (Fsp3) is 0.188. The van der Waals surface area contributed by atoms with Crippen molar-refractivity contribution in [2.45, 2.75) is 19.4 Å². The molecule has 0 bridgehead atoms. The molecule has 2 rings (SSSR count). The van der Waals surface area contributed by atoms with Crippen LogP contribution in [0.1, 0.15) is 24.1 Å². The van der Waals surface area contributed by atoms with Crippen molar-refractivity contribution in [2.24, 2.45) is 0 Å². The quantitative estimate of drug-likeness (QED) is 0.909. The second-order valence-corrected chi connectivity index (χ2v) is 4.81. The van der Waals surface area contributed by atoms with Crippen molar-refractivity contribution in [3.8, 4) is 5.75 Å². The summed E-state index contributed by atoms with van der Waals surface area (Å²) in [5.41, 5.74) is 1.25. The van der Waals surface area contributed by atoms with Crippen LogP contribution >= 0.6 is 0 Å². The Morgan fingerprint density at radius 1 is 1.14 bits per heavy atom. The van der Waals surface area contributed by atoms with Gasteiger partial charge < -0.3 is 10.4 Å². The Kier molecular flexibility index (Phi) is 4.52. The highest BCUT2D eigenvalue weighted by molar-refractivity contribution is 5.79. The Morgan fingerprint density at radius 3 is 2.43 bits per heavy atom. The molecular formula is C16H15F2NO2. The predicted octanol–water partition coefficient (Wildman–Crippen LogP) is 3.09. The van der Waals surface area contributed by atoms with Gasteiger partial charge in [0.25, 0.3) is 0 Å². The highest BCUT2D eigenvalue weighted by Crippen LogP contribution is 2.16. The van der Waals surface area contributed by atoms with Crippen LogP contribution < -0.4 is 5.32 Å². The fourth-order valence-electron chi connectivity index (χ4n) is 1.96. The van der Waals surface area contributed by atoms with Gasteiger partial charge in [-0.25, -0.2) is 8.78 Å². The molecule has 5 heteroatoms. The molecule has 2 aromatic carbocycles. The van der Waals surface area contributed by atoms with Gasteiger partial charge in [-0.1, -0.05) is 18.2 Å². The van der Waals surface area contributed by atoms with Crippen molar-refractivity contribution in [1.29, 1.82) is 0 Å². The minimum atomic E-state index is -0.938. The van der Waals surface area contributed by atoms with Crippen LogP contribution in [0.2, 0.25) is 0 Å². The van der Waals surface area contributed by atoms with Crippen molar-refractivity contribution >= 4 is 5.91 Å². The molecule has 1 atom stereocenters. The third kappa shape index (κ3) is 4.02. The molecule has 0 fully saturated rings. The maximum absolute atomic E-state index is 13.2. The van der Waals surface area contributed by atoms with Crippen LogP contribution in [0.15, 0.2) is 42.5 Å². The van der Waals surface area contributed by atoms with Crippen LogP contribution in [0.25, 0.3) is 0 Å². The number of nitrogens with one attached hydrogen (secondary N) is 1. The summed E-state index contributed by atoms with van der Waals surface area (Å²) in [6.45, 7) is 1.70. The van der Waals surface area contributed by atoms with E-state index in [0.717, 1.165) is 17.7 Å². The Hall–Kier alpha value is -2.43. The first kappa shape index (κ1) is 15.0. The molecule has 0 aromatic heterocycles. The highest BCUT2D eigenvalue weighted by atomic mass is 19.2. The van der Waals surface area contributed by atoms with E-state index in [2.05, 4.69) is 5.32 Å². The summed E-state index contributed by atoms with van der Waals surface area (Å²) < 4.78 is 26.0. The molecule has 1 unspecified atom stereocenters. The van der Waals surface area contributed by atoms with E-state index in [0.29, 0.717) is 5.56 Å². The van der Waals surface area contributed by atoms with Gasteiger partial charge in [0.1, 0.15) is 5.75 Å². The lowest BCUT2D eigenvalue weighted by Gasteiger charge is -2.14. The number of hydrogen-bond acceptors (Lipinski definition) is 2. The third-order valence-corrected chi connectivity index (χ3v) is 3.12. The van der Waals surface area contributed by atoms with Gasteiger partial charge in [-0.3, -0.25) is 4.79 Å². The zero-order valence-corrected chi connectivity index (χ0v) is 11.4. The van der Waals surface area contributed by atoms with Gasteiger partial charge in [0.05, 0.1) is 12.5 Å². The maximum Gasteiger partial charge on any atom is 0.224 e. The Balaban J connectivity index is 1.98. The molecule has 21 heavy (non-hydrogen) atoms. The lowest BCUT2D eigenvalue weighted by atomic mass is 10.1. The van der Waals surface area contributed by atoms with E-state index in [-0.39, 0.29) is 18.1 Å². The normalized spacial score (nSPS) is 12.0. The van der Waals surface area contributed by atoms with E-state index in [1.54, 1.807) is 19.1 Å². The first-order valence-electron chi connectivity index (χ1n) is 6.48. The van der Waals surface area contributed by atoms with Crippen molar-refractivity contribution in [1.82, 2.24) is 5.32 Å². The molecule has 3 nitrogen and oxygen atoms in total. The van der Waals surface area contributed by atoms with Gasteiger partial charge in [0.2, 0.25) is 5.91 Å².